The maximum atomic E-state index is 12.3. The number of nitrogens with zero attached hydrogens (tertiary/aromatic N) is 4. The Balaban J connectivity index is 1.35. The van der Waals surface area contributed by atoms with Crippen molar-refractivity contribution in [1.29, 1.82) is 0 Å². The Morgan fingerprint density at radius 2 is 1.68 bits per heavy atom. The SMILES string of the molecule is O=C1CN2CCN(CC2)Cc2cccc(c2)Nc2cc(ccn2)-c2ccc(nc2)CNCCN1. The first-order valence-corrected chi connectivity index (χ1v) is 11.9. The summed E-state index contributed by atoms with van der Waals surface area (Å²) in [4.78, 5) is 26.1. The number of piperazine rings is 1. The van der Waals surface area contributed by atoms with Crippen LogP contribution in [0.25, 0.3) is 11.1 Å². The molecule has 8 heteroatoms. The van der Waals surface area contributed by atoms with Crippen molar-refractivity contribution in [2.75, 3.05) is 51.1 Å². The fourth-order valence-electron chi connectivity index (χ4n) is 4.40. The van der Waals surface area contributed by atoms with E-state index in [0.717, 1.165) is 61.0 Å². The van der Waals surface area contributed by atoms with E-state index in [0.29, 0.717) is 26.2 Å². The van der Waals surface area contributed by atoms with Crippen molar-refractivity contribution in [3.8, 4) is 11.1 Å². The first-order chi connectivity index (χ1) is 16.7. The van der Waals surface area contributed by atoms with Gasteiger partial charge < -0.3 is 16.0 Å². The molecule has 0 aliphatic carbocycles. The average molecular weight is 458 g/mol. The Kier molecular flexibility index (Phi) is 7.09. The topological polar surface area (TPSA) is 85.4 Å². The Morgan fingerprint density at radius 3 is 2.50 bits per heavy atom. The number of carbonyl (C=O) groups excluding carboxylic acids is 1. The molecule has 1 aromatic carbocycles. The van der Waals surface area contributed by atoms with Gasteiger partial charge in [0.05, 0.1) is 12.2 Å². The maximum absolute atomic E-state index is 12.3. The van der Waals surface area contributed by atoms with E-state index >= 15 is 0 Å². The molecule has 0 saturated carbocycles. The highest BCUT2D eigenvalue weighted by Crippen LogP contribution is 2.23. The second kappa shape index (κ2) is 10.7. The minimum Gasteiger partial charge on any atom is -0.354 e. The maximum Gasteiger partial charge on any atom is 0.234 e. The molecule has 0 spiro atoms. The van der Waals surface area contributed by atoms with Crippen LogP contribution in [0.5, 0.6) is 0 Å². The van der Waals surface area contributed by atoms with Crippen LogP contribution in [0.3, 0.4) is 0 Å². The van der Waals surface area contributed by atoms with Gasteiger partial charge in [-0.25, -0.2) is 4.98 Å². The van der Waals surface area contributed by atoms with E-state index < -0.39 is 0 Å². The van der Waals surface area contributed by atoms with Crippen LogP contribution in [0.15, 0.2) is 60.9 Å². The third-order valence-electron chi connectivity index (χ3n) is 6.29. The third kappa shape index (κ3) is 5.96. The number of aromatic nitrogens is 2. The first-order valence-electron chi connectivity index (χ1n) is 11.9. The molecule has 8 bridgehead atoms. The monoisotopic (exact) mass is 457 g/mol. The molecule has 0 atom stereocenters. The van der Waals surface area contributed by atoms with Gasteiger partial charge in [0.1, 0.15) is 5.82 Å². The molecule has 1 fully saturated rings. The standard InChI is InChI=1S/C26H31N7O/c34-26-19-33-12-10-32(11-13-33)18-20-2-1-3-23(14-20)31-25-15-21(6-7-28-25)22-4-5-24(30-16-22)17-27-8-9-29-26/h1-7,14-16,27H,8-13,17-19H2,(H,28,31)(H,29,34). The summed E-state index contributed by atoms with van der Waals surface area (Å²) in [5.41, 5.74) is 5.37. The van der Waals surface area contributed by atoms with Crippen molar-refractivity contribution >= 4 is 17.4 Å². The zero-order valence-corrected chi connectivity index (χ0v) is 19.3. The van der Waals surface area contributed by atoms with Gasteiger partial charge in [0.15, 0.2) is 0 Å². The molecule has 5 aliphatic heterocycles. The van der Waals surface area contributed by atoms with E-state index in [1.807, 2.05) is 24.5 Å². The van der Waals surface area contributed by atoms with Gasteiger partial charge in [-0.1, -0.05) is 18.2 Å². The second-order valence-corrected chi connectivity index (χ2v) is 8.87. The van der Waals surface area contributed by atoms with E-state index in [4.69, 9.17) is 0 Å². The third-order valence-corrected chi connectivity index (χ3v) is 6.29. The van der Waals surface area contributed by atoms with Crippen LogP contribution in [0.1, 0.15) is 11.3 Å². The molecule has 1 amide bonds. The molecule has 8 nitrogen and oxygen atoms in total. The molecule has 5 aliphatic rings. The molecule has 8 rings (SSSR count). The Hall–Kier alpha value is -3.33. The number of nitrogens with one attached hydrogen (secondary N) is 3. The predicted molar refractivity (Wildman–Crippen MR) is 134 cm³/mol. The van der Waals surface area contributed by atoms with Crippen LogP contribution in [0.4, 0.5) is 11.5 Å². The highest BCUT2D eigenvalue weighted by Gasteiger charge is 2.19. The van der Waals surface area contributed by atoms with E-state index in [1.165, 1.54) is 5.56 Å². The number of anilines is 2. The Morgan fingerprint density at radius 1 is 0.824 bits per heavy atom. The molecule has 1 saturated heterocycles. The number of pyridine rings is 2. The fourth-order valence-corrected chi connectivity index (χ4v) is 4.40. The van der Waals surface area contributed by atoms with Crippen LogP contribution in [-0.4, -0.2) is 71.5 Å². The summed E-state index contributed by atoms with van der Waals surface area (Å²) in [6.45, 7) is 7.07. The molecule has 0 unspecified atom stereocenters. The van der Waals surface area contributed by atoms with Crippen molar-refractivity contribution < 1.29 is 4.79 Å². The second-order valence-electron chi connectivity index (χ2n) is 8.87. The van der Waals surface area contributed by atoms with Crippen LogP contribution in [0.2, 0.25) is 0 Å². The van der Waals surface area contributed by atoms with Gasteiger partial charge in [-0.15, -0.1) is 0 Å². The minimum atomic E-state index is 0.0882. The predicted octanol–water partition coefficient (Wildman–Crippen LogP) is 2.22. The fraction of sp³-hybridized carbons (Fsp3) is 0.346. The largest absolute Gasteiger partial charge is 0.354 e. The highest BCUT2D eigenvalue weighted by atomic mass is 16.2. The zero-order valence-electron chi connectivity index (χ0n) is 19.3. The van der Waals surface area contributed by atoms with Crippen molar-refractivity contribution in [2.24, 2.45) is 0 Å². The Bertz CT molecular complexity index is 1110. The van der Waals surface area contributed by atoms with E-state index in [2.05, 4.69) is 72.1 Å². The van der Waals surface area contributed by atoms with Crippen molar-refractivity contribution in [3.63, 3.8) is 0 Å². The van der Waals surface area contributed by atoms with E-state index in [9.17, 15) is 4.79 Å². The van der Waals surface area contributed by atoms with Gasteiger partial charge >= 0.3 is 0 Å². The molecule has 0 radical (unpaired) electrons. The van der Waals surface area contributed by atoms with Crippen molar-refractivity contribution in [2.45, 2.75) is 13.1 Å². The van der Waals surface area contributed by atoms with Gasteiger partial charge in [0, 0.05) is 76.0 Å². The van der Waals surface area contributed by atoms with Crippen LogP contribution < -0.4 is 16.0 Å². The lowest BCUT2D eigenvalue weighted by Gasteiger charge is -2.34. The molecule has 3 N–H and O–H groups in total. The van der Waals surface area contributed by atoms with Crippen LogP contribution in [-0.2, 0) is 17.9 Å². The minimum absolute atomic E-state index is 0.0882. The number of carbonyl (C=O) groups is 1. The summed E-state index contributed by atoms with van der Waals surface area (Å²) in [7, 11) is 0. The number of hydrogen-bond donors (Lipinski definition) is 3. The zero-order chi connectivity index (χ0) is 23.2. The summed E-state index contributed by atoms with van der Waals surface area (Å²) in [5.74, 6) is 0.898. The summed E-state index contributed by atoms with van der Waals surface area (Å²) < 4.78 is 0. The number of benzene rings is 1. The lowest BCUT2D eigenvalue weighted by Crippen LogP contribution is -2.49. The lowest BCUT2D eigenvalue weighted by molar-refractivity contribution is -0.122. The van der Waals surface area contributed by atoms with Crippen molar-refractivity contribution in [1.82, 2.24) is 30.4 Å². The quantitative estimate of drug-likeness (QED) is 0.477. The first kappa shape index (κ1) is 22.5. The molecule has 2 aromatic heterocycles. The number of hydrogen-bond acceptors (Lipinski definition) is 7. The molecule has 7 heterocycles. The normalized spacial score (nSPS) is 21.5. The molecule has 3 aromatic rings. The van der Waals surface area contributed by atoms with Gasteiger partial charge in [0.25, 0.3) is 0 Å². The van der Waals surface area contributed by atoms with Crippen LogP contribution >= 0.6 is 0 Å². The summed E-state index contributed by atoms with van der Waals surface area (Å²) in [6.07, 6.45) is 3.72. The van der Waals surface area contributed by atoms with Crippen LogP contribution in [0, 0.1) is 0 Å². The summed E-state index contributed by atoms with van der Waals surface area (Å²) in [5, 5.41) is 9.83. The van der Waals surface area contributed by atoms with Crippen molar-refractivity contribution in [3.05, 3.63) is 72.2 Å². The number of amides is 1. The molecular weight excluding hydrogens is 426 g/mol. The lowest BCUT2D eigenvalue weighted by atomic mass is 10.1. The van der Waals surface area contributed by atoms with Gasteiger partial charge in [-0.2, -0.15) is 0 Å². The Labute approximate surface area is 200 Å². The van der Waals surface area contributed by atoms with E-state index in [1.54, 1.807) is 0 Å². The van der Waals surface area contributed by atoms with Gasteiger partial charge in [0.2, 0.25) is 5.91 Å². The summed E-state index contributed by atoms with van der Waals surface area (Å²) in [6, 6.07) is 16.7. The number of rotatable bonds is 0. The molecule has 34 heavy (non-hydrogen) atoms. The molecule has 176 valence electrons. The smallest absolute Gasteiger partial charge is 0.234 e. The average Bonchev–Trinajstić information content (AvgIpc) is 2.85. The van der Waals surface area contributed by atoms with Gasteiger partial charge in [-0.3, -0.25) is 19.6 Å². The van der Waals surface area contributed by atoms with E-state index in [-0.39, 0.29) is 5.91 Å². The molecular formula is C26H31N7O. The highest BCUT2D eigenvalue weighted by molar-refractivity contribution is 5.78. The summed E-state index contributed by atoms with van der Waals surface area (Å²) >= 11 is 0. The van der Waals surface area contributed by atoms with Gasteiger partial charge in [-0.05, 0) is 41.5 Å².